The Hall–Kier alpha value is -7.43. The molecular weight excluding hydrogens is 1900 g/mol. The first-order chi connectivity index (χ1) is 66.8. The highest BCUT2D eigenvalue weighted by molar-refractivity contribution is 8.00. The van der Waals surface area contributed by atoms with E-state index in [1.54, 1.807) is 49.6 Å². The molecule has 16 N–H and O–H groups in total. The van der Waals surface area contributed by atoms with Gasteiger partial charge in [0.1, 0.15) is 23.1 Å². The van der Waals surface area contributed by atoms with Gasteiger partial charge < -0.3 is 60.1 Å². The molecule has 0 bridgehead atoms. The van der Waals surface area contributed by atoms with Crippen LogP contribution in [0.2, 0.25) is 5.02 Å². The van der Waals surface area contributed by atoms with E-state index in [1.807, 2.05) is 114 Å². The van der Waals surface area contributed by atoms with Gasteiger partial charge in [0.25, 0.3) is 0 Å². The van der Waals surface area contributed by atoms with Crippen LogP contribution in [-0.2, 0) is 101 Å². The van der Waals surface area contributed by atoms with E-state index in [4.69, 9.17) is 62.2 Å². The lowest BCUT2D eigenvalue weighted by atomic mass is 9.81. The fourth-order valence-corrected chi connectivity index (χ4v) is 17.5. The van der Waals surface area contributed by atoms with Gasteiger partial charge in [-0.2, -0.15) is 26.3 Å². The first kappa shape index (κ1) is 136. The Morgan fingerprint density at radius 1 is 0.290 bits per heavy atom. The summed E-state index contributed by atoms with van der Waals surface area (Å²) in [6.07, 6.45) is 8.96. The zero-order chi connectivity index (χ0) is 111. The second-order valence-corrected chi connectivity index (χ2v) is 47.4. The smallest absolute Gasteiger partial charge is 0.497 e. The van der Waals surface area contributed by atoms with E-state index in [-0.39, 0.29) is 77.3 Å². The molecule has 0 saturated heterocycles. The fourth-order valence-electron chi connectivity index (χ4n) is 16.7. The summed E-state index contributed by atoms with van der Waals surface area (Å²) < 4.78 is 176. The Morgan fingerprint density at radius 2 is 0.572 bits per heavy atom. The number of unbranched alkanes of at least 4 members (excludes halogenated alkanes) is 7. The van der Waals surface area contributed by atoms with Crippen molar-refractivity contribution in [2.24, 2.45) is 51.8 Å². The van der Waals surface area contributed by atoms with Crippen LogP contribution in [-0.4, -0.2) is 77.7 Å². The van der Waals surface area contributed by atoms with E-state index in [2.05, 4.69) is 142 Å². The average molecular weight is 2090 g/mol. The lowest BCUT2D eigenvalue weighted by Crippen LogP contribution is -2.19. The Bertz CT molecular complexity index is 4730. The molecule has 26 heteroatoms. The molecule has 8 rings (SSSR count). The molecule has 8 aromatic carbocycles. The molecule has 0 aliphatic heterocycles. The van der Waals surface area contributed by atoms with Crippen molar-refractivity contribution < 1.29 is 71.3 Å². The summed E-state index contributed by atoms with van der Waals surface area (Å²) in [5.74, 6) is 0.817. The minimum atomic E-state index is -4.66. The van der Waals surface area contributed by atoms with Crippen molar-refractivity contribution in [2.75, 3.05) is 59.5 Å². The molecular formula is C119H184ClF13N8O3S. The number of ether oxygens (including phenoxy) is 3. The molecule has 8 aromatic rings. The van der Waals surface area contributed by atoms with Gasteiger partial charge in [0.15, 0.2) is 0 Å². The molecule has 0 aliphatic rings. The van der Waals surface area contributed by atoms with Crippen molar-refractivity contribution in [1.82, 2.24) is 0 Å². The highest BCUT2D eigenvalue weighted by Crippen LogP contribution is 2.43. The van der Waals surface area contributed by atoms with Crippen molar-refractivity contribution >= 4 is 23.4 Å². The summed E-state index contributed by atoms with van der Waals surface area (Å²) in [4.78, 5) is 0.255. The largest absolute Gasteiger partial charge is 0.573 e. The predicted octanol–water partition coefficient (Wildman–Crippen LogP) is 31.9. The molecule has 0 spiro atoms. The highest BCUT2D eigenvalue weighted by atomic mass is 35.5. The second kappa shape index (κ2) is 63.7. The summed E-state index contributed by atoms with van der Waals surface area (Å²) in [6.45, 7) is 60.5. The van der Waals surface area contributed by atoms with Gasteiger partial charge in [-0.15, -0.1) is 26.3 Å². The normalized spacial score (nSPS) is 12.5. The van der Waals surface area contributed by atoms with Crippen LogP contribution in [0.1, 0.15) is 370 Å². The van der Waals surface area contributed by atoms with Crippen LogP contribution in [0.25, 0.3) is 0 Å². The van der Waals surface area contributed by atoms with Gasteiger partial charge in [-0.1, -0.05) is 251 Å². The van der Waals surface area contributed by atoms with Gasteiger partial charge in [-0.25, -0.2) is 4.39 Å². The summed E-state index contributed by atoms with van der Waals surface area (Å²) in [5.41, 5.74) is 59.2. The van der Waals surface area contributed by atoms with Gasteiger partial charge in [-0.3, -0.25) is 0 Å². The summed E-state index contributed by atoms with van der Waals surface area (Å²) in [6, 6.07) is 42.9. The maximum Gasteiger partial charge on any atom is 0.573 e. The Labute approximate surface area is 874 Å². The molecule has 0 aliphatic carbocycles. The van der Waals surface area contributed by atoms with Gasteiger partial charge >= 0.3 is 24.4 Å². The molecule has 822 valence electrons. The number of alkyl halides is 12. The van der Waals surface area contributed by atoms with E-state index in [1.165, 1.54) is 87.3 Å². The molecule has 1 atom stereocenters. The van der Waals surface area contributed by atoms with E-state index < -0.39 is 30.0 Å². The van der Waals surface area contributed by atoms with Crippen LogP contribution < -0.4 is 60.1 Å². The van der Waals surface area contributed by atoms with Crippen LogP contribution in [0.15, 0.2) is 150 Å². The Kier molecular flexibility index (Phi) is 59.5. The topological polar surface area (TPSA) is 236 Å². The van der Waals surface area contributed by atoms with E-state index in [0.717, 1.165) is 215 Å². The first-order valence-electron chi connectivity index (χ1n) is 51.6. The van der Waals surface area contributed by atoms with Gasteiger partial charge in [-0.05, 0) is 442 Å². The van der Waals surface area contributed by atoms with Crippen LogP contribution >= 0.6 is 23.4 Å². The Balaban J connectivity index is 0.000000830. The van der Waals surface area contributed by atoms with E-state index in [9.17, 15) is 57.1 Å². The molecule has 0 fully saturated rings. The van der Waals surface area contributed by atoms with Crippen molar-refractivity contribution in [1.29, 1.82) is 0 Å². The summed E-state index contributed by atoms with van der Waals surface area (Å²) >= 11 is 6.00. The van der Waals surface area contributed by atoms with Gasteiger partial charge in [0.2, 0.25) is 0 Å². The van der Waals surface area contributed by atoms with Crippen LogP contribution in [0, 0.1) is 18.7 Å². The standard InChI is InChI=1S/C16H24F3NO.C15H22F3NO.C15H22F3NS.C15H22F3N.C15H25NO.C15H25N.C14H22ClN.C14H22FN/c1-11(10-20)5-6-12-9-13(21-16(17,18)19)7-8-14(12)15(2,3)4;2*1-14(2,3)13-10-12(20-15(16,17)18)8-7-11(13)6-4-5-9-19;1-14(2,3)13-10-12(15(16,17)18)8-7-11(13)6-4-5-9-19;1-15(2,3)14-9-8-13(17-4)11-12(14)7-5-6-10-16;1-12-8-9-14(15(2,3)4)13(11-12)7-5-6-10-16;2*1-14(2,3)13-8-7-12(15)10-11(13)6-4-5-9-16/h7-9,11H,5-6,10,20H2,1-4H3;2*7-8,10H,4-6,9,19H2,1-3H3;7-8,10H,4-6,9,19H2,1-3H3;8-9,11H,5-7,10,16H2,1-4H3;8-9,11H,5-7,10,16H2,1-4H3;2*7-8,10H,4-6,9,16H2,1-3H3. The summed E-state index contributed by atoms with van der Waals surface area (Å²) in [5, 5.41) is 0.829. The minimum absolute atomic E-state index is 0.0519. The van der Waals surface area contributed by atoms with Crippen LogP contribution in [0.3, 0.4) is 0 Å². The molecule has 0 saturated carbocycles. The molecule has 11 nitrogen and oxygen atoms in total. The third-order valence-corrected chi connectivity index (χ3v) is 25.1. The van der Waals surface area contributed by atoms with Crippen molar-refractivity contribution in [3.63, 3.8) is 0 Å². The zero-order valence-electron chi connectivity index (χ0n) is 92.9. The van der Waals surface area contributed by atoms with Crippen molar-refractivity contribution in [2.45, 2.75) is 400 Å². The fraction of sp³-hybridized carbons (Fsp3) is 0.597. The second-order valence-electron chi connectivity index (χ2n) is 45.9. The molecule has 0 heterocycles. The quantitative estimate of drug-likeness (QED) is 0.0104. The monoisotopic (exact) mass is 2090 g/mol. The molecule has 145 heavy (non-hydrogen) atoms. The molecule has 0 aromatic heterocycles. The predicted molar refractivity (Wildman–Crippen MR) is 588 cm³/mol. The number of nitrogens with two attached hydrogens (primary N) is 8. The van der Waals surface area contributed by atoms with Gasteiger partial charge in [0, 0.05) is 9.92 Å². The SMILES string of the molecule is CC(C)(C)c1cc(C(F)(F)F)ccc1CCCCN.CC(C)(C)c1cc(OC(F)(F)F)ccc1CCCCN.CC(C)(C)c1cc(SC(F)(F)F)ccc1CCCCN.CC(C)(C)c1ccc(Cl)cc1CCCCN.CC(C)(C)c1ccc(F)cc1CCCCN.CC(CN)CCc1cc(OC(F)(F)F)ccc1C(C)(C)C.COc1ccc(C(C)(C)C)c(CCCCN)c1.Cc1ccc(C(C)(C)C)c(CCCCN)c1. The highest BCUT2D eigenvalue weighted by Gasteiger charge is 2.36. The third kappa shape index (κ3) is 56.3. The molecule has 0 amide bonds. The zero-order valence-corrected chi connectivity index (χ0v) is 94.5. The number of rotatable bonds is 36. The number of aryl methyl sites for hydroxylation is 9. The number of halogens is 14. The summed E-state index contributed by atoms with van der Waals surface area (Å²) in [7, 11) is 1.72. The van der Waals surface area contributed by atoms with Gasteiger partial charge in [0.05, 0.1) is 12.7 Å². The Morgan fingerprint density at radius 3 is 0.917 bits per heavy atom. The van der Waals surface area contributed by atoms with E-state index >= 15 is 0 Å². The number of benzene rings is 8. The lowest BCUT2D eigenvalue weighted by Gasteiger charge is -2.24. The third-order valence-electron chi connectivity index (χ3n) is 24.2. The maximum absolute atomic E-state index is 13.2. The average Bonchev–Trinajstić information content (AvgIpc) is 0.779. The van der Waals surface area contributed by atoms with Crippen molar-refractivity contribution in [3.05, 3.63) is 257 Å². The lowest BCUT2D eigenvalue weighted by molar-refractivity contribution is -0.275. The molecule has 0 radical (unpaired) electrons. The van der Waals surface area contributed by atoms with Crippen molar-refractivity contribution in [3.8, 4) is 17.2 Å². The molecule has 1 unspecified atom stereocenters. The number of thioether (sulfide) groups is 1. The minimum Gasteiger partial charge on any atom is -0.497 e. The first-order valence-corrected chi connectivity index (χ1v) is 52.8. The van der Waals surface area contributed by atoms with Crippen LogP contribution in [0.4, 0.5) is 57.1 Å². The number of methoxy groups -OCH3 is 1. The number of hydrogen-bond donors (Lipinski definition) is 8. The van der Waals surface area contributed by atoms with Crippen LogP contribution in [0.5, 0.6) is 17.2 Å². The maximum atomic E-state index is 13.2. The number of hydrogen-bond acceptors (Lipinski definition) is 12. The van der Waals surface area contributed by atoms with E-state index in [0.29, 0.717) is 45.1 Å².